The number of aryl methyl sites for hydroxylation is 2. The lowest BCUT2D eigenvalue weighted by molar-refractivity contribution is -0.118. The third-order valence-electron chi connectivity index (χ3n) is 6.14. The van der Waals surface area contributed by atoms with Gasteiger partial charge in [-0.3, -0.25) is 4.79 Å². The van der Waals surface area contributed by atoms with Crippen LogP contribution in [0.5, 0.6) is 0 Å². The summed E-state index contributed by atoms with van der Waals surface area (Å²) in [4.78, 5) is 13.4. The van der Waals surface area contributed by atoms with E-state index in [0.717, 1.165) is 44.2 Å². The van der Waals surface area contributed by atoms with Gasteiger partial charge in [-0.1, -0.05) is 19.9 Å². The fraction of sp³-hybridized carbons (Fsp3) is 0.435. The highest BCUT2D eigenvalue weighted by atomic mass is 32.2. The first kappa shape index (κ1) is 20.9. The number of rotatable bonds is 6. The van der Waals surface area contributed by atoms with E-state index in [4.69, 9.17) is 5.73 Å². The molecule has 0 aromatic heterocycles. The molecule has 2 aliphatic carbocycles. The molecule has 0 saturated heterocycles. The molecule has 0 spiro atoms. The Kier molecular flexibility index (Phi) is 5.59. The molecular formula is C23H29N3O3S. The first-order chi connectivity index (χ1) is 14.3. The highest BCUT2D eigenvalue weighted by molar-refractivity contribution is 7.89. The van der Waals surface area contributed by atoms with E-state index in [1.807, 2.05) is 13.8 Å². The van der Waals surface area contributed by atoms with Crippen molar-refractivity contribution in [2.75, 3.05) is 11.1 Å². The number of nitrogens with two attached hydrogens (primary N) is 1. The van der Waals surface area contributed by atoms with Crippen molar-refractivity contribution in [2.24, 2.45) is 5.92 Å². The average Bonchev–Trinajstić information content (AvgIpc) is 3.35. The number of carbonyl (C=O) groups excluding carboxylic acids is 1. The molecule has 4 N–H and O–H groups in total. The van der Waals surface area contributed by atoms with Crippen LogP contribution in [0, 0.1) is 5.92 Å². The summed E-state index contributed by atoms with van der Waals surface area (Å²) in [5, 5.41) is 3.12. The van der Waals surface area contributed by atoms with Gasteiger partial charge < -0.3 is 11.1 Å². The zero-order valence-electron chi connectivity index (χ0n) is 17.5. The van der Waals surface area contributed by atoms with Crippen molar-refractivity contribution < 1.29 is 13.2 Å². The van der Waals surface area contributed by atoms with Crippen molar-refractivity contribution in [2.45, 2.75) is 63.3 Å². The van der Waals surface area contributed by atoms with Crippen molar-refractivity contribution in [3.8, 4) is 0 Å². The van der Waals surface area contributed by atoms with Gasteiger partial charge in [-0.05, 0) is 91.0 Å². The van der Waals surface area contributed by atoms with Crippen molar-refractivity contribution >= 4 is 27.3 Å². The number of anilines is 2. The third kappa shape index (κ3) is 3.96. The molecule has 2 aromatic carbocycles. The molecule has 7 heteroatoms. The van der Waals surface area contributed by atoms with Crippen LogP contribution in [-0.4, -0.2) is 20.4 Å². The quantitative estimate of drug-likeness (QED) is 0.616. The van der Waals surface area contributed by atoms with Gasteiger partial charge in [-0.25, -0.2) is 8.42 Å². The van der Waals surface area contributed by atoms with Crippen LogP contribution in [0.2, 0.25) is 0 Å². The Labute approximate surface area is 178 Å². The highest BCUT2D eigenvalue weighted by Crippen LogP contribution is 2.38. The van der Waals surface area contributed by atoms with Crippen molar-refractivity contribution in [3.05, 3.63) is 52.6 Å². The van der Waals surface area contributed by atoms with Crippen LogP contribution < -0.4 is 15.8 Å². The van der Waals surface area contributed by atoms with Crippen LogP contribution in [0.25, 0.3) is 0 Å². The maximum atomic E-state index is 13.3. The molecule has 6 nitrogen and oxygen atoms in total. The summed E-state index contributed by atoms with van der Waals surface area (Å²) >= 11 is 0. The zero-order chi connectivity index (χ0) is 21.5. The summed E-state index contributed by atoms with van der Waals surface area (Å²) in [6, 6.07) is 7.41. The molecule has 1 unspecified atom stereocenters. The Balaban J connectivity index is 1.61. The molecule has 1 atom stereocenters. The van der Waals surface area contributed by atoms with Crippen LogP contribution >= 0.6 is 0 Å². The minimum absolute atomic E-state index is 0.0941. The van der Waals surface area contributed by atoms with Gasteiger partial charge >= 0.3 is 0 Å². The van der Waals surface area contributed by atoms with E-state index in [1.54, 1.807) is 0 Å². The Morgan fingerprint density at radius 1 is 0.967 bits per heavy atom. The van der Waals surface area contributed by atoms with Gasteiger partial charge in [0.2, 0.25) is 15.9 Å². The Morgan fingerprint density at radius 2 is 1.53 bits per heavy atom. The molecule has 2 aromatic rings. The molecule has 4 rings (SSSR count). The molecule has 1 amide bonds. The molecule has 0 heterocycles. The van der Waals surface area contributed by atoms with Crippen molar-refractivity contribution in [1.29, 1.82) is 0 Å². The van der Waals surface area contributed by atoms with E-state index in [9.17, 15) is 13.2 Å². The normalized spacial score (nSPS) is 16.4. The predicted molar refractivity (Wildman–Crippen MR) is 119 cm³/mol. The largest absolute Gasteiger partial charge is 0.399 e. The van der Waals surface area contributed by atoms with Crippen LogP contribution in [0.3, 0.4) is 0 Å². The first-order valence-electron chi connectivity index (χ1n) is 10.6. The lowest BCUT2D eigenvalue weighted by Gasteiger charge is -2.24. The SMILES string of the molecule is CC(C)C(NS(=O)(=O)c1ccc(N)cc1)C(=O)Nc1c2c(cc3c1CCC3)CCC2. The summed E-state index contributed by atoms with van der Waals surface area (Å²) in [7, 11) is -3.85. The van der Waals surface area contributed by atoms with Crippen LogP contribution in [-0.2, 0) is 40.5 Å². The van der Waals surface area contributed by atoms with E-state index in [2.05, 4.69) is 16.1 Å². The highest BCUT2D eigenvalue weighted by Gasteiger charge is 2.31. The molecule has 0 saturated carbocycles. The fourth-order valence-electron chi connectivity index (χ4n) is 4.54. The average molecular weight is 428 g/mol. The number of hydrogen-bond acceptors (Lipinski definition) is 4. The van der Waals surface area contributed by atoms with Crippen molar-refractivity contribution in [3.63, 3.8) is 0 Å². The van der Waals surface area contributed by atoms with Gasteiger partial charge in [0.05, 0.1) is 4.90 Å². The van der Waals surface area contributed by atoms with E-state index in [1.165, 1.54) is 46.5 Å². The maximum Gasteiger partial charge on any atom is 0.242 e. The zero-order valence-corrected chi connectivity index (χ0v) is 18.3. The number of fused-ring (bicyclic) bond motifs is 2. The van der Waals surface area contributed by atoms with Gasteiger partial charge in [-0.2, -0.15) is 4.72 Å². The summed E-state index contributed by atoms with van der Waals surface area (Å²) in [6.07, 6.45) is 6.20. The molecule has 2 aliphatic rings. The minimum Gasteiger partial charge on any atom is -0.399 e. The van der Waals surface area contributed by atoms with Gasteiger partial charge in [0.15, 0.2) is 0 Å². The minimum atomic E-state index is -3.85. The molecule has 30 heavy (non-hydrogen) atoms. The maximum absolute atomic E-state index is 13.3. The second-order valence-corrected chi connectivity index (χ2v) is 10.3. The number of hydrogen-bond donors (Lipinski definition) is 3. The Bertz CT molecular complexity index is 1040. The molecule has 0 fully saturated rings. The number of amides is 1. The van der Waals surface area contributed by atoms with E-state index >= 15 is 0 Å². The smallest absolute Gasteiger partial charge is 0.242 e. The van der Waals surface area contributed by atoms with E-state index in [-0.39, 0.29) is 16.7 Å². The molecule has 0 radical (unpaired) electrons. The van der Waals surface area contributed by atoms with Gasteiger partial charge in [-0.15, -0.1) is 0 Å². The van der Waals surface area contributed by atoms with Crippen LogP contribution in [0.4, 0.5) is 11.4 Å². The second-order valence-electron chi connectivity index (χ2n) is 8.64. The standard InChI is InChI=1S/C23H29N3O3S/c1-14(2)21(26-30(28,29)18-11-9-17(24)10-12-18)23(27)25-22-19-7-3-5-15(19)13-16-6-4-8-20(16)22/h9-14,21,26H,3-8,24H2,1-2H3,(H,25,27). The number of carbonyl (C=O) groups is 1. The van der Waals surface area contributed by atoms with Crippen LogP contribution in [0.1, 0.15) is 48.9 Å². The van der Waals surface area contributed by atoms with Gasteiger partial charge in [0.25, 0.3) is 0 Å². The van der Waals surface area contributed by atoms with Gasteiger partial charge in [0, 0.05) is 11.4 Å². The van der Waals surface area contributed by atoms with Crippen LogP contribution in [0.15, 0.2) is 35.2 Å². The summed E-state index contributed by atoms with van der Waals surface area (Å²) in [5.41, 5.74) is 12.2. The predicted octanol–water partition coefficient (Wildman–Crippen LogP) is 3.19. The molecular weight excluding hydrogens is 398 g/mol. The van der Waals surface area contributed by atoms with E-state index < -0.39 is 16.1 Å². The number of sulfonamides is 1. The molecule has 0 aliphatic heterocycles. The number of benzene rings is 2. The topological polar surface area (TPSA) is 101 Å². The molecule has 160 valence electrons. The Hall–Kier alpha value is -2.38. The van der Waals surface area contributed by atoms with E-state index in [0.29, 0.717) is 5.69 Å². The first-order valence-corrected chi connectivity index (χ1v) is 12.1. The summed E-state index contributed by atoms with van der Waals surface area (Å²) in [6.45, 7) is 3.69. The second kappa shape index (κ2) is 8.04. The number of nitrogens with one attached hydrogen (secondary N) is 2. The summed E-state index contributed by atoms with van der Waals surface area (Å²) < 4.78 is 28.3. The molecule has 0 bridgehead atoms. The Morgan fingerprint density at radius 3 is 2.07 bits per heavy atom. The van der Waals surface area contributed by atoms with Crippen molar-refractivity contribution in [1.82, 2.24) is 4.72 Å². The number of nitrogen functional groups attached to an aromatic ring is 1. The lowest BCUT2D eigenvalue weighted by Crippen LogP contribution is -2.47. The van der Waals surface area contributed by atoms with Gasteiger partial charge in [0.1, 0.15) is 6.04 Å². The lowest BCUT2D eigenvalue weighted by atomic mass is 9.97. The third-order valence-corrected chi connectivity index (χ3v) is 7.60. The fourth-order valence-corrected chi connectivity index (χ4v) is 5.89. The summed E-state index contributed by atoms with van der Waals surface area (Å²) in [5.74, 6) is -0.517. The monoisotopic (exact) mass is 427 g/mol.